The minimum Gasteiger partial charge on any atom is -0.669 e. The first kappa shape index (κ1) is 36.7. The third-order valence-electron chi connectivity index (χ3n) is 7.36. The molecule has 0 saturated heterocycles. The Balaban J connectivity index is 0.000000503. The second-order valence-corrected chi connectivity index (χ2v) is 10.8. The number of benzene rings is 5. The maximum absolute atomic E-state index is 6.57. The molecule has 0 radical (unpaired) electrons. The van der Waals surface area contributed by atoms with Crippen LogP contribution in [-0.2, 0) is 42.1 Å². The molecule has 1 aliphatic rings. The van der Waals surface area contributed by atoms with Gasteiger partial charge in [0.15, 0.2) is 7.05 Å². The average molecular weight is 1020 g/mol. The van der Waals surface area contributed by atoms with E-state index >= 15 is 0 Å². The zero-order valence-corrected chi connectivity index (χ0v) is 31.6. The van der Waals surface area contributed by atoms with Crippen molar-refractivity contribution < 1.29 is 60.8 Å². The molecule has 6 nitrogen and oxygen atoms in total. The Morgan fingerprint density at radius 3 is 2.25 bits per heavy atom. The zero-order valence-electron chi connectivity index (χ0n) is 27.0. The van der Waals surface area contributed by atoms with E-state index in [9.17, 15) is 0 Å². The summed E-state index contributed by atoms with van der Waals surface area (Å²) in [6.45, 7) is 0. The molecule has 8 rings (SSSR count). The molecule has 0 aliphatic carbocycles. The van der Waals surface area contributed by atoms with E-state index in [1.54, 1.807) is 23.2 Å². The van der Waals surface area contributed by atoms with E-state index in [1.807, 2.05) is 126 Å². The summed E-state index contributed by atoms with van der Waals surface area (Å²) in [5.74, 6) is 2.40. The number of nitrogens with zero attached hydrogens (tertiary/aromatic N) is 4. The van der Waals surface area contributed by atoms with Gasteiger partial charge >= 0.3 is 48.1 Å². The van der Waals surface area contributed by atoms with Gasteiger partial charge in [-0.3, -0.25) is 11.1 Å². The third kappa shape index (κ3) is 9.17. The van der Waals surface area contributed by atoms with Gasteiger partial charge in [0.2, 0.25) is 6.20 Å². The third-order valence-corrected chi connectivity index (χ3v) is 7.36. The summed E-state index contributed by atoms with van der Waals surface area (Å²) < 4.78 is 17.6. The molecule has 3 heterocycles. The van der Waals surface area contributed by atoms with Gasteiger partial charge in [0.25, 0.3) is 6.20 Å². The second-order valence-electron chi connectivity index (χ2n) is 10.8. The van der Waals surface area contributed by atoms with Crippen LogP contribution in [-0.4, -0.2) is 31.8 Å². The molecule has 2 aromatic heterocycles. The summed E-state index contributed by atoms with van der Waals surface area (Å²) in [6.07, 6.45) is 15.6. The van der Waals surface area contributed by atoms with E-state index in [2.05, 4.69) is 59.5 Å². The molecule has 0 saturated carbocycles. The predicted molar refractivity (Wildman–Crippen MR) is 187 cm³/mol. The number of hydrogen-bond acceptors (Lipinski definition) is 3. The van der Waals surface area contributed by atoms with Crippen LogP contribution in [0.25, 0.3) is 33.2 Å². The van der Waals surface area contributed by atoms with Crippen molar-refractivity contribution in [3.63, 3.8) is 0 Å². The van der Waals surface area contributed by atoms with Gasteiger partial charge in [0.1, 0.15) is 5.69 Å². The van der Waals surface area contributed by atoms with Crippen molar-refractivity contribution in [2.24, 2.45) is 0 Å². The molecule has 0 fully saturated rings. The Hall–Kier alpha value is -5.55. The SMILES string of the molecule is C[N+]1=C=[N+](c2[c-]c(Oc3[c-]c(-c4cc(-c5[c-]c(Oc6[c-]cccc6)c6ccccc6c5)[c-]cn4)ccc3)ccc2)C=C1.[C-]#Cn1cccc1.[Pt+2].[Pt+4]. The summed E-state index contributed by atoms with van der Waals surface area (Å²) >= 11 is 0. The molecule has 248 valence electrons. The molecule has 0 amide bonds. The van der Waals surface area contributed by atoms with Crippen molar-refractivity contribution in [1.82, 2.24) is 9.55 Å². The van der Waals surface area contributed by atoms with Gasteiger partial charge in [-0.05, 0) is 12.1 Å². The summed E-state index contributed by atoms with van der Waals surface area (Å²) in [4.78, 5) is 4.58. The molecule has 0 atom stereocenters. The topological polar surface area (TPSA) is 42.3 Å². The Kier molecular flexibility index (Phi) is 12.5. The Labute approximate surface area is 326 Å². The van der Waals surface area contributed by atoms with Gasteiger partial charge in [-0.15, -0.1) is 47.3 Å². The number of fused-ring (bicyclic) bond motifs is 1. The molecule has 0 spiro atoms. The van der Waals surface area contributed by atoms with Crippen molar-refractivity contribution in [2.45, 2.75) is 0 Å². The van der Waals surface area contributed by atoms with E-state index in [1.165, 1.54) is 0 Å². The zero-order chi connectivity index (χ0) is 33.4. The number of para-hydroxylation sites is 1. The molecule has 1 aliphatic heterocycles. The minimum atomic E-state index is 0. The maximum atomic E-state index is 6.57. The summed E-state index contributed by atoms with van der Waals surface area (Å²) in [5.41, 5.74) is 4.04. The van der Waals surface area contributed by atoms with E-state index < -0.39 is 0 Å². The fourth-order valence-electron chi connectivity index (χ4n) is 5.03. The number of ether oxygens (including phenoxy) is 2. The van der Waals surface area contributed by atoms with Crippen molar-refractivity contribution >= 4 is 22.5 Å². The van der Waals surface area contributed by atoms with Gasteiger partial charge in [-0.2, -0.15) is 36.4 Å². The first-order valence-corrected chi connectivity index (χ1v) is 15.3. The van der Waals surface area contributed by atoms with Gasteiger partial charge in [-0.25, -0.2) is 18.2 Å². The fraction of sp³-hybridized carbons (Fsp3) is 0.0233. The standard InChI is InChI=1S/C37H22N3O2.C6H4N.2Pt/c1-39-19-20-40(26-39)31-11-8-15-34(25-31)41-33-14-7-10-29(22-33)36-23-27(17-18-38-36)30-21-28-9-5-6-16-35(28)37(24-30)42-32-12-3-2-4-13-32;1-2-7-5-3-4-6-7;;/h2-12,14-16,18-21,23H,1H3;3-6H;;/q-3;-1;+2;+4. The van der Waals surface area contributed by atoms with Gasteiger partial charge in [0.05, 0.1) is 0 Å². The van der Waals surface area contributed by atoms with E-state index in [0.717, 1.165) is 38.8 Å². The molecular weight excluding hydrogens is 995 g/mol. The molecule has 51 heavy (non-hydrogen) atoms. The molecule has 0 N–H and O–H groups in total. The predicted octanol–water partition coefficient (Wildman–Crippen LogP) is 8.98. The van der Waals surface area contributed by atoms with Crippen LogP contribution >= 0.6 is 0 Å². The summed E-state index contributed by atoms with van der Waals surface area (Å²) in [7, 11) is 1.92. The van der Waals surface area contributed by atoms with E-state index in [4.69, 9.17) is 15.9 Å². The minimum absolute atomic E-state index is 0. The van der Waals surface area contributed by atoms with Crippen molar-refractivity contribution in [1.29, 1.82) is 0 Å². The first-order chi connectivity index (χ1) is 24.1. The molecule has 0 bridgehead atoms. The molecule has 5 aromatic carbocycles. The largest absolute Gasteiger partial charge is 4.00 e. The van der Waals surface area contributed by atoms with Crippen LogP contribution in [0, 0.1) is 42.8 Å². The van der Waals surface area contributed by atoms with Gasteiger partial charge in [0, 0.05) is 35.4 Å². The number of hydrogen-bond donors (Lipinski definition) is 0. The Morgan fingerprint density at radius 1 is 0.745 bits per heavy atom. The van der Waals surface area contributed by atoms with Crippen molar-refractivity contribution in [3.05, 3.63) is 177 Å². The first-order valence-electron chi connectivity index (χ1n) is 15.3. The van der Waals surface area contributed by atoms with Gasteiger partial charge in [-0.1, -0.05) is 68.9 Å². The smallest absolute Gasteiger partial charge is 0.669 e. The molecule has 7 aromatic rings. The summed E-state index contributed by atoms with van der Waals surface area (Å²) in [5, 5.41) is 2.01. The van der Waals surface area contributed by atoms with Gasteiger partial charge < -0.3 is 25.4 Å². The normalized spacial score (nSPS) is 11.1. The Morgan fingerprint density at radius 2 is 1.51 bits per heavy atom. The molecule has 0 unspecified atom stereocenters. The van der Waals surface area contributed by atoms with E-state index in [0.29, 0.717) is 23.0 Å². The summed E-state index contributed by atoms with van der Waals surface area (Å²) in [6, 6.07) is 56.7. The molecule has 8 heteroatoms. The van der Waals surface area contributed by atoms with Crippen LogP contribution < -0.4 is 9.47 Å². The fourth-order valence-corrected chi connectivity index (χ4v) is 5.03. The average Bonchev–Trinajstić information content (AvgIpc) is 3.85. The maximum Gasteiger partial charge on any atom is 4.00 e. The van der Waals surface area contributed by atoms with Crippen LogP contribution in [0.4, 0.5) is 5.69 Å². The molecular formula is C43H26N4O2Pt2+2. The second kappa shape index (κ2) is 17.4. The number of aromatic nitrogens is 2. The van der Waals surface area contributed by atoms with Crippen molar-refractivity contribution in [3.8, 4) is 51.4 Å². The van der Waals surface area contributed by atoms with Crippen LogP contribution in [0.3, 0.4) is 0 Å². The van der Waals surface area contributed by atoms with Crippen molar-refractivity contribution in [2.75, 3.05) is 7.05 Å². The van der Waals surface area contributed by atoms with Crippen LogP contribution in [0.5, 0.6) is 23.0 Å². The quantitative estimate of drug-likeness (QED) is 0.0911. The van der Waals surface area contributed by atoms with E-state index in [-0.39, 0.29) is 42.1 Å². The monoisotopic (exact) mass is 1020 g/mol. The van der Waals surface area contributed by atoms with Crippen LogP contribution in [0.15, 0.2) is 140 Å². The van der Waals surface area contributed by atoms with Crippen LogP contribution in [0.2, 0.25) is 0 Å². The number of rotatable bonds is 7. The number of pyridine rings is 1. The Bertz CT molecular complexity index is 2410. The van der Waals surface area contributed by atoms with Crippen LogP contribution in [0.1, 0.15) is 0 Å².